The Kier molecular flexibility index (Phi) is 19.5. The van der Waals surface area contributed by atoms with Gasteiger partial charge in [-0.3, -0.25) is 0 Å². The van der Waals surface area contributed by atoms with E-state index in [0.717, 1.165) is 38.5 Å². The quantitative estimate of drug-likeness (QED) is 0.106. The molecule has 0 aliphatic carbocycles. The Morgan fingerprint density at radius 2 is 0.844 bits per heavy atom. The second-order valence-electron chi connectivity index (χ2n) is 9.98. The highest BCUT2D eigenvalue weighted by molar-refractivity contribution is 6.00. The molecule has 0 saturated carbocycles. The molecule has 0 saturated heterocycles. The van der Waals surface area contributed by atoms with Gasteiger partial charge in [0.2, 0.25) is 0 Å². The van der Waals surface area contributed by atoms with Crippen LogP contribution in [-0.2, 0) is 19.1 Å². The lowest BCUT2D eigenvalue weighted by Crippen LogP contribution is -2.20. The number of esters is 2. The normalized spacial score (nSPS) is 12.2. The summed E-state index contributed by atoms with van der Waals surface area (Å²) in [6.45, 7) is 13.3. The van der Waals surface area contributed by atoms with E-state index in [-0.39, 0.29) is 23.8 Å². The first kappa shape index (κ1) is 30.7. The topological polar surface area (TPSA) is 52.6 Å². The van der Waals surface area contributed by atoms with Gasteiger partial charge in [-0.2, -0.15) is 0 Å². The van der Waals surface area contributed by atoms with Gasteiger partial charge in [-0.05, 0) is 37.5 Å². The number of carbonyl (C=O) groups excluding carboxylic acids is 2. The Labute approximate surface area is 198 Å². The fourth-order valence-corrected chi connectivity index (χ4v) is 3.58. The standard InChI is InChI=1S/C28H52O4/c1-7-9-11-13-14-15-16-18-20-26(28(30)32-22-24(5)6)25(19-17-12-10-8-2)27(29)31-21-23(3)4/h23-24H,7-22H2,1-6H3/b26-25-. The lowest BCUT2D eigenvalue weighted by molar-refractivity contribution is -0.143. The van der Waals surface area contributed by atoms with Gasteiger partial charge in [0.05, 0.1) is 13.2 Å². The van der Waals surface area contributed by atoms with Gasteiger partial charge in [0.1, 0.15) is 0 Å². The van der Waals surface area contributed by atoms with E-state index in [1.807, 2.05) is 27.7 Å². The van der Waals surface area contributed by atoms with Crippen LogP contribution in [0.1, 0.15) is 131 Å². The number of carbonyl (C=O) groups is 2. The molecule has 4 nitrogen and oxygen atoms in total. The van der Waals surface area contributed by atoms with Crippen molar-refractivity contribution in [3.05, 3.63) is 11.1 Å². The molecule has 0 radical (unpaired) electrons. The third-order valence-corrected chi connectivity index (χ3v) is 5.51. The zero-order valence-electron chi connectivity index (χ0n) is 22.1. The number of hydrogen-bond donors (Lipinski definition) is 0. The maximum Gasteiger partial charge on any atom is 0.334 e. The molecule has 0 N–H and O–H groups in total. The summed E-state index contributed by atoms with van der Waals surface area (Å²) >= 11 is 0. The Morgan fingerprint density at radius 1 is 0.531 bits per heavy atom. The summed E-state index contributed by atoms with van der Waals surface area (Å²) in [5.41, 5.74) is 1.11. The van der Waals surface area contributed by atoms with Crippen molar-refractivity contribution in [1.82, 2.24) is 0 Å². The molecule has 0 atom stereocenters. The Hall–Kier alpha value is -1.32. The lowest BCUT2D eigenvalue weighted by atomic mass is 9.96. The summed E-state index contributed by atoms with van der Waals surface area (Å²) in [5.74, 6) is -0.117. The van der Waals surface area contributed by atoms with E-state index in [4.69, 9.17) is 9.47 Å². The van der Waals surface area contributed by atoms with E-state index >= 15 is 0 Å². The predicted octanol–water partition coefficient (Wildman–Crippen LogP) is 8.18. The van der Waals surface area contributed by atoms with E-state index in [1.54, 1.807) is 0 Å². The average Bonchev–Trinajstić information content (AvgIpc) is 2.75. The molecule has 0 spiro atoms. The Balaban J connectivity index is 5.26. The third kappa shape index (κ3) is 16.3. The van der Waals surface area contributed by atoms with Crippen LogP contribution in [0.2, 0.25) is 0 Å². The molecule has 0 amide bonds. The van der Waals surface area contributed by atoms with Gasteiger partial charge in [0.25, 0.3) is 0 Å². The van der Waals surface area contributed by atoms with Gasteiger partial charge in [-0.15, -0.1) is 0 Å². The smallest absolute Gasteiger partial charge is 0.334 e. The van der Waals surface area contributed by atoms with Crippen LogP contribution in [0.15, 0.2) is 11.1 Å². The van der Waals surface area contributed by atoms with Gasteiger partial charge in [-0.25, -0.2) is 9.59 Å². The maximum absolute atomic E-state index is 13.0. The van der Waals surface area contributed by atoms with Crippen molar-refractivity contribution in [3.63, 3.8) is 0 Å². The Morgan fingerprint density at radius 3 is 1.19 bits per heavy atom. The van der Waals surface area contributed by atoms with Crippen LogP contribution >= 0.6 is 0 Å². The molecule has 32 heavy (non-hydrogen) atoms. The summed E-state index contributed by atoms with van der Waals surface area (Å²) in [4.78, 5) is 25.9. The molecule has 188 valence electrons. The van der Waals surface area contributed by atoms with Crippen LogP contribution in [0.4, 0.5) is 0 Å². The van der Waals surface area contributed by atoms with E-state index in [9.17, 15) is 9.59 Å². The monoisotopic (exact) mass is 452 g/mol. The second-order valence-corrected chi connectivity index (χ2v) is 9.98. The van der Waals surface area contributed by atoms with Crippen molar-refractivity contribution >= 4 is 11.9 Å². The van der Waals surface area contributed by atoms with Gasteiger partial charge >= 0.3 is 11.9 Å². The zero-order chi connectivity index (χ0) is 24.2. The average molecular weight is 453 g/mol. The molecular formula is C28H52O4. The largest absolute Gasteiger partial charge is 0.462 e. The molecule has 0 heterocycles. The predicted molar refractivity (Wildman–Crippen MR) is 135 cm³/mol. The van der Waals surface area contributed by atoms with Crippen molar-refractivity contribution < 1.29 is 19.1 Å². The van der Waals surface area contributed by atoms with Crippen LogP contribution in [0.5, 0.6) is 0 Å². The Bertz CT molecular complexity index is 520. The van der Waals surface area contributed by atoms with Crippen LogP contribution in [0.25, 0.3) is 0 Å². The molecule has 0 unspecified atom stereocenters. The fourth-order valence-electron chi connectivity index (χ4n) is 3.58. The maximum atomic E-state index is 13.0. The number of unbranched alkanes of at least 4 members (excludes halogenated alkanes) is 10. The minimum absolute atomic E-state index is 0.268. The van der Waals surface area contributed by atoms with Crippen molar-refractivity contribution in [1.29, 1.82) is 0 Å². The number of ether oxygens (including phenoxy) is 2. The van der Waals surface area contributed by atoms with Crippen LogP contribution in [0, 0.1) is 11.8 Å². The molecule has 0 rings (SSSR count). The fraction of sp³-hybridized carbons (Fsp3) is 0.857. The van der Waals surface area contributed by atoms with Crippen molar-refractivity contribution in [2.45, 2.75) is 131 Å². The molecule has 0 aliphatic heterocycles. The molecule has 0 aromatic carbocycles. The third-order valence-electron chi connectivity index (χ3n) is 5.51. The van der Waals surface area contributed by atoms with Crippen LogP contribution < -0.4 is 0 Å². The lowest BCUT2D eigenvalue weighted by Gasteiger charge is -2.16. The molecule has 0 aromatic heterocycles. The summed E-state index contributed by atoms with van der Waals surface area (Å²) in [7, 11) is 0. The van der Waals surface area contributed by atoms with Crippen LogP contribution in [-0.4, -0.2) is 25.2 Å². The number of rotatable bonds is 20. The minimum atomic E-state index is -0.328. The highest BCUT2D eigenvalue weighted by Gasteiger charge is 2.23. The summed E-state index contributed by atoms with van der Waals surface area (Å²) in [6, 6.07) is 0. The van der Waals surface area contributed by atoms with E-state index in [1.165, 1.54) is 38.5 Å². The minimum Gasteiger partial charge on any atom is -0.462 e. The van der Waals surface area contributed by atoms with Gasteiger partial charge in [0, 0.05) is 11.1 Å². The van der Waals surface area contributed by atoms with Gasteiger partial charge < -0.3 is 9.47 Å². The van der Waals surface area contributed by atoms with E-state index in [0.29, 0.717) is 37.2 Å². The molecular weight excluding hydrogens is 400 g/mol. The molecule has 4 heteroatoms. The summed E-state index contributed by atoms with van der Waals surface area (Å²) < 4.78 is 11.1. The van der Waals surface area contributed by atoms with Crippen molar-refractivity contribution in [2.75, 3.05) is 13.2 Å². The SMILES string of the molecule is CCCCCCCCCC/C(C(=O)OCC(C)C)=C(\CCCCCC)C(=O)OCC(C)C. The van der Waals surface area contributed by atoms with Crippen molar-refractivity contribution in [3.8, 4) is 0 Å². The second kappa shape index (κ2) is 20.3. The highest BCUT2D eigenvalue weighted by atomic mass is 16.5. The first-order chi connectivity index (χ1) is 15.3. The van der Waals surface area contributed by atoms with Gasteiger partial charge in [0.15, 0.2) is 0 Å². The van der Waals surface area contributed by atoms with E-state index in [2.05, 4.69) is 13.8 Å². The zero-order valence-corrected chi connectivity index (χ0v) is 22.1. The summed E-state index contributed by atoms with van der Waals surface area (Å²) in [6.07, 6.45) is 15.0. The molecule has 0 aliphatic rings. The molecule has 0 aromatic rings. The number of hydrogen-bond acceptors (Lipinski definition) is 4. The first-order valence-corrected chi connectivity index (χ1v) is 13.4. The highest BCUT2D eigenvalue weighted by Crippen LogP contribution is 2.23. The van der Waals surface area contributed by atoms with Gasteiger partial charge in [-0.1, -0.05) is 106 Å². The van der Waals surface area contributed by atoms with Crippen LogP contribution in [0.3, 0.4) is 0 Å². The van der Waals surface area contributed by atoms with Crippen molar-refractivity contribution in [2.24, 2.45) is 11.8 Å². The molecule has 0 fully saturated rings. The first-order valence-electron chi connectivity index (χ1n) is 13.4. The van der Waals surface area contributed by atoms with E-state index < -0.39 is 0 Å². The summed E-state index contributed by atoms with van der Waals surface area (Å²) in [5, 5.41) is 0. The molecule has 0 bridgehead atoms.